The predicted octanol–water partition coefficient (Wildman–Crippen LogP) is 5.39. The molecule has 7 nitrogen and oxygen atoms in total. The van der Waals surface area contributed by atoms with E-state index < -0.39 is 0 Å². The summed E-state index contributed by atoms with van der Waals surface area (Å²) in [6.45, 7) is 5.21. The minimum absolute atomic E-state index is 0.0101. The van der Waals surface area contributed by atoms with E-state index in [0.29, 0.717) is 18.8 Å². The van der Waals surface area contributed by atoms with Crippen LogP contribution in [-0.4, -0.2) is 38.9 Å². The second-order valence-electron chi connectivity index (χ2n) is 8.25. The van der Waals surface area contributed by atoms with Crippen molar-refractivity contribution in [2.24, 2.45) is 0 Å². The predicted molar refractivity (Wildman–Crippen MR) is 129 cm³/mol. The van der Waals surface area contributed by atoms with Gasteiger partial charge >= 0.3 is 0 Å². The number of ether oxygens (including phenoxy) is 1. The molecule has 3 aromatic heterocycles. The monoisotopic (exact) mass is 441 g/mol. The van der Waals surface area contributed by atoms with Gasteiger partial charge in [-0.2, -0.15) is 0 Å². The van der Waals surface area contributed by atoms with Gasteiger partial charge in [-0.05, 0) is 69.2 Å². The summed E-state index contributed by atoms with van der Waals surface area (Å²) < 4.78 is 5.72. The first-order valence-electron chi connectivity index (χ1n) is 11.3. The molecule has 1 saturated heterocycles. The van der Waals surface area contributed by atoms with Gasteiger partial charge in [0.1, 0.15) is 17.3 Å². The Hall–Kier alpha value is -3.87. The van der Waals surface area contributed by atoms with Crippen molar-refractivity contribution in [3.8, 4) is 5.75 Å². The van der Waals surface area contributed by atoms with Gasteiger partial charge in [0.25, 0.3) is 5.91 Å². The number of fused-ring (bicyclic) bond motifs is 1. The van der Waals surface area contributed by atoms with E-state index in [1.54, 1.807) is 6.20 Å². The normalized spacial score (nSPS) is 15.7. The number of aromatic nitrogens is 3. The average molecular weight is 442 g/mol. The zero-order valence-electron chi connectivity index (χ0n) is 18.8. The van der Waals surface area contributed by atoms with Crippen molar-refractivity contribution in [1.29, 1.82) is 0 Å². The lowest BCUT2D eigenvalue weighted by molar-refractivity contribution is 0.0728. The van der Waals surface area contributed by atoms with Crippen molar-refractivity contribution in [2.45, 2.75) is 32.7 Å². The van der Waals surface area contributed by atoms with E-state index in [-0.39, 0.29) is 11.9 Å². The standard InChI is InChI=1S/C26H27N5O2/c1-3-33-24-10-5-8-20-19(24)15-22(30-20)26(32)31-14-6-9-23(31)21-13-12-18(16-27-21)29-25-11-4-7-17(2)28-25/h4-5,7-8,10-13,15-16,23,30H,3,6,9,14H2,1-2H3,(H,28,29). The molecule has 1 amide bonds. The van der Waals surface area contributed by atoms with Gasteiger partial charge in [0, 0.05) is 23.1 Å². The van der Waals surface area contributed by atoms with E-state index >= 15 is 0 Å². The summed E-state index contributed by atoms with van der Waals surface area (Å²) in [6.07, 6.45) is 3.66. The quantitative estimate of drug-likeness (QED) is 0.419. The van der Waals surface area contributed by atoms with Crippen molar-refractivity contribution < 1.29 is 9.53 Å². The first kappa shape index (κ1) is 21.0. The third-order valence-electron chi connectivity index (χ3n) is 5.96. The molecular weight excluding hydrogens is 414 g/mol. The molecule has 1 aliphatic rings. The minimum atomic E-state index is -0.0404. The highest BCUT2D eigenvalue weighted by Crippen LogP contribution is 2.34. The number of carbonyl (C=O) groups excluding carboxylic acids is 1. The van der Waals surface area contributed by atoms with Crippen LogP contribution in [0.3, 0.4) is 0 Å². The molecule has 2 N–H and O–H groups in total. The van der Waals surface area contributed by atoms with Crippen LogP contribution in [0.5, 0.6) is 5.75 Å². The van der Waals surface area contributed by atoms with Gasteiger partial charge in [-0.1, -0.05) is 12.1 Å². The Morgan fingerprint density at radius 3 is 2.88 bits per heavy atom. The SMILES string of the molecule is CCOc1cccc2[nH]c(C(=O)N3CCCC3c3ccc(Nc4cccc(C)n4)cn3)cc12. The fraction of sp³-hybridized carbons (Fsp3) is 0.269. The highest BCUT2D eigenvalue weighted by molar-refractivity contribution is 6.00. The molecule has 0 spiro atoms. The molecule has 1 fully saturated rings. The number of benzene rings is 1. The number of likely N-dealkylation sites (tertiary alicyclic amines) is 1. The Bertz CT molecular complexity index is 1280. The molecule has 1 unspecified atom stereocenters. The third-order valence-corrected chi connectivity index (χ3v) is 5.96. The Balaban J connectivity index is 1.35. The van der Waals surface area contributed by atoms with Gasteiger partial charge in [-0.25, -0.2) is 4.98 Å². The Morgan fingerprint density at radius 1 is 1.21 bits per heavy atom. The molecule has 0 aliphatic carbocycles. The smallest absolute Gasteiger partial charge is 0.270 e. The lowest BCUT2D eigenvalue weighted by Gasteiger charge is -2.24. The van der Waals surface area contributed by atoms with Crippen molar-refractivity contribution >= 4 is 28.3 Å². The molecule has 168 valence electrons. The summed E-state index contributed by atoms with van der Waals surface area (Å²) in [4.78, 5) is 27.8. The molecule has 4 aromatic rings. The number of nitrogens with one attached hydrogen (secondary N) is 2. The maximum atomic E-state index is 13.4. The summed E-state index contributed by atoms with van der Waals surface area (Å²) >= 11 is 0. The molecule has 0 saturated carbocycles. The van der Waals surface area contributed by atoms with Crippen molar-refractivity contribution in [2.75, 3.05) is 18.5 Å². The number of aryl methyl sites for hydroxylation is 1. The number of amides is 1. The maximum absolute atomic E-state index is 13.4. The van der Waals surface area contributed by atoms with Crippen LogP contribution in [0.4, 0.5) is 11.5 Å². The van der Waals surface area contributed by atoms with Gasteiger partial charge in [0.15, 0.2) is 0 Å². The second-order valence-corrected chi connectivity index (χ2v) is 8.25. The number of hydrogen-bond acceptors (Lipinski definition) is 5. The van der Waals surface area contributed by atoms with Crippen LogP contribution in [0, 0.1) is 6.92 Å². The van der Waals surface area contributed by atoms with Gasteiger partial charge in [0.2, 0.25) is 0 Å². The number of rotatable bonds is 6. The number of pyridine rings is 2. The van der Waals surface area contributed by atoms with Crippen LogP contribution >= 0.6 is 0 Å². The highest BCUT2D eigenvalue weighted by Gasteiger charge is 2.32. The van der Waals surface area contributed by atoms with Crippen LogP contribution in [-0.2, 0) is 0 Å². The van der Waals surface area contributed by atoms with Crippen LogP contribution < -0.4 is 10.1 Å². The first-order chi connectivity index (χ1) is 16.1. The lowest BCUT2D eigenvalue weighted by Crippen LogP contribution is -2.31. The number of nitrogens with zero attached hydrogens (tertiary/aromatic N) is 3. The Morgan fingerprint density at radius 2 is 2.09 bits per heavy atom. The molecule has 7 heteroatoms. The fourth-order valence-corrected chi connectivity index (χ4v) is 4.43. The van der Waals surface area contributed by atoms with E-state index in [4.69, 9.17) is 4.74 Å². The van der Waals surface area contributed by atoms with E-state index in [9.17, 15) is 4.79 Å². The Labute approximate surface area is 192 Å². The highest BCUT2D eigenvalue weighted by atomic mass is 16.5. The van der Waals surface area contributed by atoms with Crippen molar-refractivity contribution in [3.05, 3.63) is 77.9 Å². The molecule has 4 heterocycles. The van der Waals surface area contributed by atoms with E-state index in [0.717, 1.165) is 52.4 Å². The molecule has 5 rings (SSSR count). The maximum Gasteiger partial charge on any atom is 0.270 e. The zero-order chi connectivity index (χ0) is 22.8. The molecule has 33 heavy (non-hydrogen) atoms. The molecule has 0 radical (unpaired) electrons. The summed E-state index contributed by atoms with van der Waals surface area (Å²) in [5.74, 6) is 1.56. The van der Waals surface area contributed by atoms with E-state index in [2.05, 4.69) is 20.3 Å². The molecule has 1 aromatic carbocycles. The van der Waals surface area contributed by atoms with Gasteiger partial charge < -0.3 is 19.9 Å². The molecule has 1 aliphatic heterocycles. The van der Waals surface area contributed by atoms with Crippen LogP contribution in [0.25, 0.3) is 10.9 Å². The zero-order valence-corrected chi connectivity index (χ0v) is 18.8. The van der Waals surface area contributed by atoms with E-state index in [1.807, 2.05) is 73.3 Å². The van der Waals surface area contributed by atoms with Gasteiger partial charge in [0.05, 0.1) is 30.2 Å². The molecular formula is C26H27N5O2. The Kier molecular flexibility index (Phi) is 5.69. The summed E-state index contributed by atoms with van der Waals surface area (Å²) in [7, 11) is 0. The number of anilines is 2. The fourth-order valence-electron chi connectivity index (χ4n) is 4.43. The van der Waals surface area contributed by atoms with Gasteiger partial charge in [-0.3, -0.25) is 9.78 Å². The first-order valence-corrected chi connectivity index (χ1v) is 11.3. The van der Waals surface area contributed by atoms with Crippen LogP contribution in [0.1, 0.15) is 47.7 Å². The van der Waals surface area contributed by atoms with Crippen LogP contribution in [0.2, 0.25) is 0 Å². The number of aromatic amines is 1. The topological polar surface area (TPSA) is 83.1 Å². The van der Waals surface area contributed by atoms with Crippen molar-refractivity contribution in [1.82, 2.24) is 19.9 Å². The summed E-state index contributed by atoms with van der Waals surface area (Å²) in [5, 5.41) is 4.21. The summed E-state index contributed by atoms with van der Waals surface area (Å²) in [5.41, 5.74) is 4.20. The van der Waals surface area contributed by atoms with Crippen molar-refractivity contribution in [3.63, 3.8) is 0 Å². The summed E-state index contributed by atoms with van der Waals surface area (Å²) in [6, 6.07) is 17.5. The third kappa shape index (κ3) is 4.26. The number of hydrogen-bond donors (Lipinski definition) is 2. The van der Waals surface area contributed by atoms with E-state index in [1.165, 1.54) is 0 Å². The lowest BCUT2D eigenvalue weighted by atomic mass is 10.1. The molecule has 1 atom stereocenters. The largest absolute Gasteiger partial charge is 0.493 e. The number of carbonyl (C=O) groups is 1. The molecule has 0 bridgehead atoms. The minimum Gasteiger partial charge on any atom is -0.493 e. The average Bonchev–Trinajstić information content (AvgIpc) is 3.48. The van der Waals surface area contributed by atoms with Gasteiger partial charge in [-0.15, -0.1) is 0 Å². The number of H-pyrrole nitrogens is 1. The second kappa shape index (κ2) is 8.94. The van der Waals surface area contributed by atoms with Crippen LogP contribution in [0.15, 0.2) is 60.8 Å².